The van der Waals surface area contributed by atoms with Crippen molar-refractivity contribution in [1.29, 1.82) is 0 Å². The Balaban J connectivity index is 1.33. The van der Waals surface area contributed by atoms with E-state index in [0.29, 0.717) is 30.9 Å². The van der Waals surface area contributed by atoms with Crippen LogP contribution < -0.4 is 14.2 Å². The molecule has 1 fully saturated rings. The average Bonchev–Trinajstić information content (AvgIpc) is 2.82. The Bertz CT molecular complexity index is 853. The Morgan fingerprint density at radius 1 is 1.10 bits per heavy atom. The van der Waals surface area contributed by atoms with E-state index in [2.05, 4.69) is 12.1 Å². The fraction of sp³-hybridized carbons (Fsp3) is 0.435. The van der Waals surface area contributed by atoms with Crippen LogP contribution in [0.4, 0.5) is 0 Å². The molecule has 2 aliphatic rings. The number of hydrogen-bond donors (Lipinski definition) is 0. The van der Waals surface area contributed by atoms with Gasteiger partial charge in [0.2, 0.25) is 0 Å². The third-order valence-corrected chi connectivity index (χ3v) is 8.10. The predicted octanol–water partition coefficient (Wildman–Crippen LogP) is 4.75. The summed E-state index contributed by atoms with van der Waals surface area (Å²) in [6.07, 6.45) is 1.29. The molecule has 0 saturated carbocycles. The molecule has 0 atom stereocenters. The van der Waals surface area contributed by atoms with E-state index in [-0.39, 0.29) is 12.5 Å². The molecule has 7 heteroatoms. The van der Waals surface area contributed by atoms with Gasteiger partial charge in [0.15, 0.2) is 18.1 Å². The Labute approximate surface area is 186 Å². The smallest absolute Gasteiger partial charge is 0.260 e. The van der Waals surface area contributed by atoms with Crippen molar-refractivity contribution < 1.29 is 19.0 Å². The van der Waals surface area contributed by atoms with Gasteiger partial charge < -0.3 is 19.1 Å². The van der Waals surface area contributed by atoms with E-state index in [0.717, 1.165) is 22.8 Å². The lowest BCUT2D eigenvalue weighted by atomic mass is 10.1. The molecule has 2 aromatic carbocycles. The van der Waals surface area contributed by atoms with Crippen LogP contribution in [0.5, 0.6) is 17.2 Å². The lowest BCUT2D eigenvalue weighted by molar-refractivity contribution is -0.133. The molecule has 5 nitrogen and oxygen atoms in total. The van der Waals surface area contributed by atoms with Crippen LogP contribution in [-0.2, 0) is 11.3 Å². The first-order chi connectivity index (χ1) is 14.7. The van der Waals surface area contributed by atoms with Gasteiger partial charge in [-0.25, -0.2) is 0 Å². The highest BCUT2D eigenvalue weighted by Gasteiger charge is 2.20. The second-order valence-electron chi connectivity index (χ2n) is 7.13. The van der Waals surface area contributed by atoms with Gasteiger partial charge in [0.05, 0.1) is 4.58 Å². The van der Waals surface area contributed by atoms with Gasteiger partial charge in [-0.2, -0.15) is 0 Å². The highest BCUT2D eigenvalue weighted by Crippen LogP contribution is 2.43. The molecule has 0 spiro atoms. The summed E-state index contributed by atoms with van der Waals surface area (Å²) in [5.74, 6) is 4.60. The maximum Gasteiger partial charge on any atom is 0.260 e. The number of nitrogens with zero attached hydrogens (tertiary/aromatic N) is 1. The van der Waals surface area contributed by atoms with Gasteiger partial charge in [-0.1, -0.05) is 24.3 Å². The molecular weight excluding hydrogens is 418 g/mol. The number of hydrogen-bond acceptors (Lipinski definition) is 6. The number of likely N-dealkylation sites (N-methyl/N-ethyl adjacent to an activating group) is 1. The molecule has 1 saturated heterocycles. The first kappa shape index (κ1) is 21.2. The molecule has 2 aromatic rings. The molecule has 0 unspecified atom stereocenters. The first-order valence-electron chi connectivity index (χ1n) is 10.4. The molecule has 0 N–H and O–H groups in total. The van der Waals surface area contributed by atoms with E-state index in [1.807, 2.05) is 60.8 Å². The summed E-state index contributed by atoms with van der Waals surface area (Å²) in [5.41, 5.74) is 2.27. The van der Waals surface area contributed by atoms with Crippen LogP contribution in [0.15, 0.2) is 42.5 Å². The van der Waals surface area contributed by atoms with Crippen molar-refractivity contribution in [1.82, 2.24) is 4.90 Å². The van der Waals surface area contributed by atoms with Crippen molar-refractivity contribution in [2.75, 3.05) is 37.9 Å². The number of rotatable bonds is 7. The summed E-state index contributed by atoms with van der Waals surface area (Å²) in [4.78, 5) is 14.5. The number of carbonyl (C=O) groups excluding carboxylic acids is 1. The van der Waals surface area contributed by atoms with Gasteiger partial charge in [0.1, 0.15) is 19.0 Å². The zero-order valence-corrected chi connectivity index (χ0v) is 18.8. The van der Waals surface area contributed by atoms with E-state index >= 15 is 0 Å². The zero-order chi connectivity index (χ0) is 20.8. The molecule has 160 valence electrons. The number of ether oxygens (including phenoxy) is 3. The molecule has 4 rings (SSSR count). The van der Waals surface area contributed by atoms with Gasteiger partial charge >= 0.3 is 0 Å². The maximum atomic E-state index is 12.8. The molecule has 0 bridgehead atoms. The minimum atomic E-state index is -0.0469. The maximum absolute atomic E-state index is 12.8. The largest absolute Gasteiger partial charge is 0.486 e. The predicted molar refractivity (Wildman–Crippen MR) is 123 cm³/mol. The van der Waals surface area contributed by atoms with E-state index in [4.69, 9.17) is 14.2 Å². The van der Waals surface area contributed by atoms with Gasteiger partial charge in [0, 0.05) is 18.7 Å². The van der Waals surface area contributed by atoms with E-state index < -0.39 is 0 Å². The molecule has 30 heavy (non-hydrogen) atoms. The minimum absolute atomic E-state index is 0.0203. The van der Waals surface area contributed by atoms with Crippen LogP contribution in [-0.4, -0.2) is 48.7 Å². The van der Waals surface area contributed by atoms with Crippen molar-refractivity contribution in [3.8, 4) is 17.2 Å². The second-order valence-corrected chi connectivity index (χ2v) is 9.86. The Hall–Kier alpha value is -1.99. The number of amides is 1. The lowest BCUT2D eigenvalue weighted by Gasteiger charge is -2.25. The third-order valence-electron chi connectivity index (χ3n) is 5.09. The minimum Gasteiger partial charge on any atom is -0.486 e. The van der Waals surface area contributed by atoms with Gasteiger partial charge in [0.25, 0.3) is 5.91 Å². The van der Waals surface area contributed by atoms with Gasteiger partial charge in [-0.05, 0) is 48.6 Å². The summed E-state index contributed by atoms with van der Waals surface area (Å²) >= 11 is 4.00. The Morgan fingerprint density at radius 2 is 1.87 bits per heavy atom. The fourth-order valence-electron chi connectivity index (χ4n) is 3.48. The van der Waals surface area contributed by atoms with Crippen molar-refractivity contribution >= 4 is 29.4 Å². The molecule has 1 amide bonds. The van der Waals surface area contributed by atoms with Crippen LogP contribution in [0, 0.1) is 0 Å². The van der Waals surface area contributed by atoms with Crippen LogP contribution >= 0.6 is 23.5 Å². The molecule has 0 radical (unpaired) electrons. The average molecular weight is 446 g/mol. The molecule has 0 aromatic heterocycles. The zero-order valence-electron chi connectivity index (χ0n) is 17.2. The lowest BCUT2D eigenvalue weighted by Crippen LogP contribution is -2.34. The number of benzene rings is 2. The highest BCUT2D eigenvalue weighted by molar-refractivity contribution is 8.16. The van der Waals surface area contributed by atoms with Crippen molar-refractivity contribution in [2.45, 2.75) is 24.5 Å². The Morgan fingerprint density at radius 3 is 2.63 bits per heavy atom. The first-order valence-corrected chi connectivity index (χ1v) is 12.5. The monoisotopic (exact) mass is 445 g/mol. The highest BCUT2D eigenvalue weighted by atomic mass is 32.2. The van der Waals surface area contributed by atoms with Gasteiger partial charge in [-0.3, -0.25) is 4.79 Å². The van der Waals surface area contributed by atoms with Crippen molar-refractivity contribution in [2.24, 2.45) is 0 Å². The SMILES string of the molecule is CCN(Cc1cccc2c1OCCO2)C(=O)COc1ccc(C2SCCCS2)cc1. The van der Waals surface area contributed by atoms with Crippen molar-refractivity contribution in [3.63, 3.8) is 0 Å². The van der Waals surface area contributed by atoms with Crippen molar-refractivity contribution in [3.05, 3.63) is 53.6 Å². The summed E-state index contributed by atoms with van der Waals surface area (Å²) in [5, 5.41) is 0. The topological polar surface area (TPSA) is 48.0 Å². The normalized spacial score (nSPS) is 16.2. The van der Waals surface area contributed by atoms with E-state index in [1.54, 1.807) is 4.90 Å². The second kappa shape index (κ2) is 10.4. The third kappa shape index (κ3) is 5.19. The van der Waals surface area contributed by atoms with Crippen LogP contribution in [0.2, 0.25) is 0 Å². The van der Waals surface area contributed by atoms with Crippen LogP contribution in [0.1, 0.15) is 29.1 Å². The summed E-state index contributed by atoms with van der Waals surface area (Å²) < 4.78 is 17.7. The number of carbonyl (C=O) groups is 1. The molecule has 2 heterocycles. The summed E-state index contributed by atoms with van der Waals surface area (Å²) in [6.45, 7) is 4.15. The van der Waals surface area contributed by atoms with Crippen LogP contribution in [0.3, 0.4) is 0 Å². The van der Waals surface area contributed by atoms with Gasteiger partial charge in [-0.15, -0.1) is 23.5 Å². The fourth-order valence-corrected chi connectivity index (χ4v) is 6.37. The number of thioether (sulfide) groups is 2. The summed E-state index contributed by atoms with van der Waals surface area (Å²) in [7, 11) is 0. The molecule has 0 aliphatic carbocycles. The standard InChI is InChI=1S/C23H27NO4S2/c1-2-24(15-18-5-3-6-20-22(18)27-12-11-26-20)21(25)16-28-19-9-7-17(8-10-19)23-29-13-4-14-30-23/h3,5-10,23H,2,4,11-16H2,1H3. The van der Waals surface area contributed by atoms with E-state index in [1.165, 1.54) is 23.5 Å². The number of fused-ring (bicyclic) bond motifs is 1. The van der Waals surface area contributed by atoms with Crippen LogP contribution in [0.25, 0.3) is 0 Å². The Kier molecular flexibility index (Phi) is 7.33. The molecule has 2 aliphatic heterocycles. The summed E-state index contributed by atoms with van der Waals surface area (Å²) in [6, 6.07) is 14.0. The quantitative estimate of drug-likeness (QED) is 0.613. The van der Waals surface area contributed by atoms with E-state index in [9.17, 15) is 4.79 Å². The molecular formula is C23H27NO4S2. The number of para-hydroxylation sites is 1.